The summed E-state index contributed by atoms with van der Waals surface area (Å²) in [4.78, 5) is 20.2. The second-order valence-corrected chi connectivity index (χ2v) is 7.06. The molecule has 1 N–H and O–H groups in total. The van der Waals surface area contributed by atoms with Gasteiger partial charge in [-0.25, -0.2) is 4.98 Å². The van der Waals surface area contributed by atoms with Crippen LogP contribution in [0.1, 0.15) is 57.8 Å². The number of nitrogens with one attached hydrogen (secondary N) is 1. The summed E-state index contributed by atoms with van der Waals surface area (Å²) in [7, 11) is 0. The second kappa shape index (κ2) is 7.90. The fourth-order valence-electron chi connectivity index (χ4n) is 2.90. The van der Waals surface area contributed by atoms with E-state index in [-0.39, 0.29) is 11.8 Å². The Bertz CT molecular complexity index is 456. The monoisotopic (exact) mass is 309 g/mol. The summed E-state index contributed by atoms with van der Waals surface area (Å²) < 4.78 is 0. The van der Waals surface area contributed by atoms with Crippen molar-refractivity contribution >= 4 is 22.4 Å². The number of aromatic nitrogens is 1. The van der Waals surface area contributed by atoms with Crippen molar-refractivity contribution < 1.29 is 4.79 Å². The fraction of sp³-hybridized carbons (Fsp3) is 0.750. The third-order valence-corrected chi connectivity index (χ3v) is 5.34. The Morgan fingerprint density at radius 1 is 1.48 bits per heavy atom. The van der Waals surface area contributed by atoms with E-state index in [1.165, 1.54) is 30.7 Å². The molecule has 4 nitrogen and oxygen atoms in total. The van der Waals surface area contributed by atoms with Crippen LogP contribution < -0.4 is 5.32 Å². The van der Waals surface area contributed by atoms with Crippen molar-refractivity contribution in [3.63, 3.8) is 0 Å². The Kier molecular flexibility index (Phi) is 6.18. The van der Waals surface area contributed by atoms with Gasteiger partial charge in [0.1, 0.15) is 0 Å². The summed E-state index contributed by atoms with van der Waals surface area (Å²) in [5.41, 5.74) is 0. The van der Waals surface area contributed by atoms with Crippen LogP contribution in [0.25, 0.3) is 0 Å². The molecular formula is C16H27N3OS. The lowest BCUT2D eigenvalue weighted by Crippen LogP contribution is -2.36. The second-order valence-electron chi connectivity index (χ2n) is 5.95. The van der Waals surface area contributed by atoms with Crippen molar-refractivity contribution in [3.8, 4) is 0 Å². The van der Waals surface area contributed by atoms with Gasteiger partial charge in [0.2, 0.25) is 5.91 Å². The zero-order valence-corrected chi connectivity index (χ0v) is 14.2. The summed E-state index contributed by atoms with van der Waals surface area (Å²) in [6.45, 7) is 8.54. The fourth-order valence-corrected chi connectivity index (χ4v) is 3.74. The topological polar surface area (TPSA) is 45.2 Å². The van der Waals surface area contributed by atoms with Crippen molar-refractivity contribution in [3.05, 3.63) is 11.1 Å². The minimum atomic E-state index is 0.0967. The lowest BCUT2D eigenvalue weighted by atomic mass is 10.0. The van der Waals surface area contributed by atoms with Gasteiger partial charge in [0.25, 0.3) is 0 Å². The number of rotatable bonds is 6. The number of carbonyl (C=O) groups is 1. The van der Waals surface area contributed by atoms with Crippen LogP contribution in [-0.4, -0.2) is 28.4 Å². The first-order valence-corrected chi connectivity index (χ1v) is 8.95. The minimum Gasteiger partial charge on any atom is -0.302 e. The number of anilines is 1. The average Bonchev–Trinajstić information content (AvgIpc) is 2.90. The molecule has 21 heavy (non-hydrogen) atoms. The van der Waals surface area contributed by atoms with E-state index in [4.69, 9.17) is 0 Å². The number of amides is 1. The molecule has 1 amide bonds. The number of hydrogen-bond donors (Lipinski definition) is 1. The zero-order valence-electron chi connectivity index (χ0n) is 13.4. The van der Waals surface area contributed by atoms with Gasteiger partial charge in [0.05, 0.1) is 0 Å². The Morgan fingerprint density at radius 2 is 2.24 bits per heavy atom. The van der Waals surface area contributed by atoms with Crippen molar-refractivity contribution in [2.45, 2.75) is 65.5 Å². The average molecular weight is 309 g/mol. The van der Waals surface area contributed by atoms with E-state index in [2.05, 4.69) is 36.0 Å². The quantitative estimate of drug-likeness (QED) is 0.867. The molecule has 1 aliphatic heterocycles. The van der Waals surface area contributed by atoms with Gasteiger partial charge in [-0.2, -0.15) is 0 Å². The lowest BCUT2D eigenvalue weighted by molar-refractivity contribution is -0.120. The van der Waals surface area contributed by atoms with Gasteiger partial charge < -0.3 is 5.32 Å². The van der Waals surface area contributed by atoms with E-state index in [0.717, 1.165) is 24.5 Å². The largest absolute Gasteiger partial charge is 0.302 e. The third-order valence-electron chi connectivity index (χ3n) is 4.44. The van der Waals surface area contributed by atoms with Gasteiger partial charge >= 0.3 is 0 Å². The molecule has 0 aromatic carbocycles. The molecule has 0 spiro atoms. The van der Waals surface area contributed by atoms with Gasteiger partial charge in [-0.3, -0.25) is 9.69 Å². The molecule has 2 rings (SSSR count). The van der Waals surface area contributed by atoms with Gasteiger partial charge in [-0.1, -0.05) is 20.3 Å². The van der Waals surface area contributed by atoms with E-state index in [0.29, 0.717) is 6.04 Å². The molecule has 0 radical (unpaired) electrons. The summed E-state index contributed by atoms with van der Waals surface area (Å²) in [6, 6.07) is 0.656. The van der Waals surface area contributed by atoms with Crippen LogP contribution in [0.2, 0.25) is 0 Å². The Morgan fingerprint density at radius 3 is 2.90 bits per heavy atom. The first-order chi connectivity index (χ1) is 10.1. The van der Waals surface area contributed by atoms with E-state index in [9.17, 15) is 4.79 Å². The number of carbonyl (C=O) groups excluding carboxylic acids is 1. The molecular weight excluding hydrogens is 282 g/mol. The van der Waals surface area contributed by atoms with E-state index >= 15 is 0 Å². The normalized spacial score (nSPS) is 19.9. The van der Waals surface area contributed by atoms with Crippen LogP contribution in [0.5, 0.6) is 0 Å². The molecule has 0 bridgehead atoms. The predicted molar refractivity (Wildman–Crippen MR) is 88.5 cm³/mol. The summed E-state index contributed by atoms with van der Waals surface area (Å²) in [6.07, 6.45) is 7.60. The highest BCUT2D eigenvalue weighted by atomic mass is 32.1. The first kappa shape index (κ1) is 16.4. The number of nitrogens with zero attached hydrogens (tertiary/aromatic N) is 2. The molecule has 1 atom stereocenters. The minimum absolute atomic E-state index is 0.0967. The maximum atomic E-state index is 12.1. The Hall–Kier alpha value is -0.940. The van der Waals surface area contributed by atoms with Crippen LogP contribution >= 0.6 is 11.3 Å². The number of piperidine rings is 1. The van der Waals surface area contributed by atoms with Gasteiger partial charge in [-0.15, -0.1) is 11.3 Å². The van der Waals surface area contributed by atoms with Crippen molar-refractivity contribution in [1.29, 1.82) is 0 Å². The molecule has 1 fully saturated rings. The maximum absolute atomic E-state index is 12.1. The van der Waals surface area contributed by atoms with Crippen molar-refractivity contribution in [1.82, 2.24) is 9.88 Å². The molecule has 1 saturated heterocycles. The Labute approximate surface area is 132 Å². The van der Waals surface area contributed by atoms with Gasteiger partial charge in [0, 0.05) is 29.6 Å². The van der Waals surface area contributed by atoms with Crippen molar-refractivity contribution in [2.75, 3.05) is 11.9 Å². The van der Waals surface area contributed by atoms with Gasteiger partial charge in [-0.05, 0) is 39.2 Å². The van der Waals surface area contributed by atoms with Crippen LogP contribution in [0.3, 0.4) is 0 Å². The van der Waals surface area contributed by atoms with Crippen LogP contribution in [0, 0.1) is 5.92 Å². The molecule has 118 valence electrons. The lowest BCUT2D eigenvalue weighted by Gasteiger charge is -2.32. The van der Waals surface area contributed by atoms with E-state index in [1.54, 1.807) is 11.3 Å². The van der Waals surface area contributed by atoms with Crippen LogP contribution in [0.15, 0.2) is 6.20 Å². The molecule has 1 unspecified atom stereocenters. The highest BCUT2D eigenvalue weighted by Crippen LogP contribution is 2.24. The molecule has 0 saturated carbocycles. The van der Waals surface area contributed by atoms with Crippen LogP contribution in [-0.2, 0) is 11.3 Å². The maximum Gasteiger partial charge on any atom is 0.229 e. The molecule has 0 aliphatic carbocycles. The van der Waals surface area contributed by atoms with E-state index in [1.807, 2.05) is 6.20 Å². The molecule has 2 heterocycles. The molecule has 1 aliphatic rings. The SMILES string of the molecule is CCC(CC)C(=O)Nc1ncc(CN2CCCCC2C)s1. The third kappa shape index (κ3) is 4.51. The van der Waals surface area contributed by atoms with Crippen molar-refractivity contribution in [2.24, 2.45) is 5.92 Å². The number of hydrogen-bond acceptors (Lipinski definition) is 4. The zero-order chi connectivity index (χ0) is 15.2. The highest BCUT2D eigenvalue weighted by molar-refractivity contribution is 7.15. The number of thiazole rings is 1. The first-order valence-electron chi connectivity index (χ1n) is 8.13. The Balaban J connectivity index is 1.90. The molecule has 5 heteroatoms. The van der Waals surface area contributed by atoms with Gasteiger partial charge in [0.15, 0.2) is 5.13 Å². The predicted octanol–water partition coefficient (Wildman–Crippen LogP) is 3.89. The summed E-state index contributed by atoms with van der Waals surface area (Å²) in [5.74, 6) is 0.201. The standard InChI is InChI=1S/C16H27N3OS/c1-4-13(5-2)15(20)18-16-17-10-14(21-16)11-19-9-7-6-8-12(19)3/h10,12-13H,4-9,11H2,1-3H3,(H,17,18,20). The summed E-state index contributed by atoms with van der Waals surface area (Å²) >= 11 is 1.61. The number of likely N-dealkylation sites (tertiary alicyclic amines) is 1. The smallest absolute Gasteiger partial charge is 0.229 e. The molecule has 1 aromatic heterocycles. The van der Waals surface area contributed by atoms with Crippen LogP contribution in [0.4, 0.5) is 5.13 Å². The summed E-state index contributed by atoms with van der Waals surface area (Å²) in [5, 5.41) is 3.70. The highest BCUT2D eigenvalue weighted by Gasteiger charge is 2.20. The molecule has 1 aromatic rings. The van der Waals surface area contributed by atoms with E-state index < -0.39 is 0 Å².